The second-order valence-electron chi connectivity index (χ2n) is 7.20. The highest BCUT2D eigenvalue weighted by Gasteiger charge is 2.50. The van der Waals surface area contributed by atoms with Gasteiger partial charge in [-0.1, -0.05) is 36.8 Å². The molecule has 2 aliphatic carbocycles. The van der Waals surface area contributed by atoms with E-state index < -0.39 is 23.8 Å². The second-order valence-corrected chi connectivity index (χ2v) is 7.20. The summed E-state index contributed by atoms with van der Waals surface area (Å²) >= 11 is 0. The third kappa shape index (κ3) is 2.97. The fourth-order valence-electron chi connectivity index (χ4n) is 4.43. The number of nitrogens with zero attached hydrogens (tertiary/aromatic N) is 2. The highest BCUT2D eigenvalue weighted by atomic mass is 16.2. The van der Waals surface area contributed by atoms with Gasteiger partial charge in [-0.3, -0.25) is 24.8 Å². The number of nitrogens with one attached hydrogen (secondary N) is 1. The summed E-state index contributed by atoms with van der Waals surface area (Å²) in [6.45, 7) is 0.403. The van der Waals surface area contributed by atoms with Crippen LogP contribution in [0.5, 0.6) is 0 Å². The molecule has 2 bridgehead atoms. The predicted molar refractivity (Wildman–Crippen MR) is 91.7 cm³/mol. The number of aliphatic imine (C=N–C) groups is 1. The summed E-state index contributed by atoms with van der Waals surface area (Å²) in [7, 11) is 0. The molecule has 3 fully saturated rings. The minimum Gasteiger partial charge on any atom is -0.291 e. The van der Waals surface area contributed by atoms with Gasteiger partial charge in [0.2, 0.25) is 11.8 Å². The number of amides is 4. The summed E-state index contributed by atoms with van der Waals surface area (Å²) in [5.41, 5.74) is 1.00. The van der Waals surface area contributed by atoms with Gasteiger partial charge in [0, 0.05) is 12.3 Å². The van der Waals surface area contributed by atoms with Crippen LogP contribution in [0.2, 0.25) is 0 Å². The van der Waals surface area contributed by atoms with Gasteiger partial charge in [0.1, 0.15) is 0 Å². The van der Waals surface area contributed by atoms with Crippen LogP contribution in [0.15, 0.2) is 35.3 Å². The van der Waals surface area contributed by atoms with E-state index in [1.54, 1.807) is 0 Å². The first-order chi connectivity index (χ1) is 12.1. The third-order valence-corrected chi connectivity index (χ3v) is 5.64. The maximum atomic E-state index is 12.8. The molecule has 4 rings (SSSR count). The predicted octanol–water partition coefficient (Wildman–Crippen LogP) is 2.14. The van der Waals surface area contributed by atoms with Gasteiger partial charge >= 0.3 is 6.03 Å². The third-order valence-electron chi connectivity index (χ3n) is 5.64. The molecule has 0 unspecified atom stereocenters. The Labute approximate surface area is 146 Å². The van der Waals surface area contributed by atoms with Crippen molar-refractivity contribution < 1.29 is 14.4 Å². The molecule has 6 heteroatoms. The summed E-state index contributed by atoms with van der Waals surface area (Å²) < 4.78 is 0. The van der Waals surface area contributed by atoms with Crippen LogP contribution >= 0.6 is 0 Å². The van der Waals surface area contributed by atoms with Crippen molar-refractivity contribution in [3.05, 3.63) is 35.9 Å². The molecule has 4 atom stereocenters. The smallest absolute Gasteiger partial charge is 0.291 e. The van der Waals surface area contributed by atoms with Crippen molar-refractivity contribution in [1.82, 2.24) is 10.2 Å². The lowest BCUT2D eigenvalue weighted by Gasteiger charge is -2.36. The van der Waals surface area contributed by atoms with E-state index in [1.165, 1.54) is 17.5 Å². The first-order valence-corrected chi connectivity index (χ1v) is 8.85. The number of hydrogen-bond acceptors (Lipinski definition) is 4. The highest BCUT2D eigenvalue weighted by Crippen LogP contribution is 2.47. The van der Waals surface area contributed by atoms with Crippen LogP contribution in [0.25, 0.3) is 0 Å². The summed E-state index contributed by atoms with van der Waals surface area (Å²) in [4.78, 5) is 42.7. The van der Waals surface area contributed by atoms with Crippen molar-refractivity contribution in [2.75, 3.05) is 0 Å². The Balaban J connectivity index is 1.48. The maximum Gasteiger partial charge on any atom is 0.331 e. The average Bonchev–Trinajstić information content (AvgIpc) is 3.22. The summed E-state index contributed by atoms with van der Waals surface area (Å²) in [6.07, 6.45) is 5.59. The number of imide groups is 2. The fraction of sp³-hybridized carbons (Fsp3) is 0.474. The molecular weight excluding hydrogens is 318 g/mol. The molecule has 0 radical (unpaired) electrons. The topological polar surface area (TPSA) is 78.8 Å². The number of carbonyl (C=O) groups is 3. The summed E-state index contributed by atoms with van der Waals surface area (Å²) in [6, 6.07) is 8.99. The zero-order valence-corrected chi connectivity index (χ0v) is 13.9. The minimum absolute atomic E-state index is 0.0654. The fourth-order valence-corrected chi connectivity index (χ4v) is 4.43. The van der Waals surface area contributed by atoms with Crippen LogP contribution in [0.4, 0.5) is 4.79 Å². The Morgan fingerprint density at radius 2 is 1.92 bits per heavy atom. The van der Waals surface area contributed by atoms with Gasteiger partial charge in [-0.15, -0.1) is 0 Å². The molecule has 1 aliphatic heterocycles. The molecule has 130 valence electrons. The van der Waals surface area contributed by atoms with Crippen LogP contribution in [-0.4, -0.2) is 35.0 Å². The van der Waals surface area contributed by atoms with Gasteiger partial charge in [0.25, 0.3) is 0 Å². The van der Waals surface area contributed by atoms with Crippen molar-refractivity contribution in [2.45, 2.75) is 38.3 Å². The molecule has 1 aromatic rings. The van der Waals surface area contributed by atoms with Gasteiger partial charge in [-0.05, 0) is 36.7 Å². The number of fused-ring (bicyclic) bond motifs is 2. The van der Waals surface area contributed by atoms with Gasteiger partial charge < -0.3 is 0 Å². The molecule has 0 aromatic heterocycles. The van der Waals surface area contributed by atoms with Crippen molar-refractivity contribution in [3.8, 4) is 0 Å². The Hall–Kier alpha value is -2.50. The van der Waals surface area contributed by atoms with Gasteiger partial charge in [0.05, 0.1) is 6.54 Å². The first-order valence-electron chi connectivity index (χ1n) is 8.85. The monoisotopic (exact) mass is 339 g/mol. The van der Waals surface area contributed by atoms with Crippen molar-refractivity contribution in [1.29, 1.82) is 0 Å². The number of hydrogen-bond donors (Lipinski definition) is 1. The standard InChI is InChI=1S/C19H21N3O3/c23-17-15(11-20-10-12-4-2-1-3-5-12)18(24)22(19(25)21-17)16-9-13-6-7-14(16)8-13/h1-5,11,13-16H,6-10H2,(H,21,23,25)/t13-,14-,15-,16+/m0/s1. The molecule has 1 N–H and O–H groups in total. The molecule has 6 nitrogen and oxygen atoms in total. The molecule has 3 aliphatic rings. The minimum atomic E-state index is -1.01. The second kappa shape index (κ2) is 6.43. The van der Waals surface area contributed by atoms with Crippen LogP contribution in [0.1, 0.15) is 31.2 Å². The van der Waals surface area contributed by atoms with E-state index in [0.29, 0.717) is 18.4 Å². The largest absolute Gasteiger partial charge is 0.331 e. The van der Waals surface area contributed by atoms with Crippen LogP contribution in [0.3, 0.4) is 0 Å². The van der Waals surface area contributed by atoms with E-state index in [4.69, 9.17) is 0 Å². The van der Waals surface area contributed by atoms with E-state index in [0.717, 1.165) is 24.8 Å². The summed E-state index contributed by atoms with van der Waals surface area (Å²) in [5, 5.41) is 2.33. The number of carbonyl (C=O) groups excluding carboxylic acids is 3. The Morgan fingerprint density at radius 3 is 2.60 bits per heavy atom. The van der Waals surface area contributed by atoms with E-state index in [1.807, 2.05) is 30.3 Å². The van der Waals surface area contributed by atoms with Gasteiger partial charge in [0.15, 0.2) is 5.92 Å². The SMILES string of the molecule is O=C1NC(=O)N([C@@H]2C[C@H]3CC[C@H]2C3)C(=O)[C@H]1C=NCc1ccccc1. The van der Waals surface area contributed by atoms with E-state index in [-0.39, 0.29) is 6.04 Å². The lowest BCUT2D eigenvalue weighted by atomic mass is 9.92. The Kier molecular flexibility index (Phi) is 4.11. The van der Waals surface area contributed by atoms with Crippen LogP contribution < -0.4 is 5.32 Å². The molecule has 1 heterocycles. The first kappa shape index (κ1) is 16.0. The van der Waals surface area contributed by atoms with Crippen LogP contribution in [0, 0.1) is 17.8 Å². The van der Waals surface area contributed by atoms with Gasteiger partial charge in [-0.2, -0.15) is 0 Å². The molecule has 1 aromatic carbocycles. The van der Waals surface area contributed by atoms with Crippen molar-refractivity contribution in [3.63, 3.8) is 0 Å². The molecule has 4 amide bonds. The molecule has 0 spiro atoms. The lowest BCUT2D eigenvalue weighted by molar-refractivity contribution is -0.141. The quantitative estimate of drug-likeness (QED) is 0.674. The molecule has 25 heavy (non-hydrogen) atoms. The van der Waals surface area contributed by atoms with Crippen molar-refractivity contribution >= 4 is 24.1 Å². The van der Waals surface area contributed by atoms with E-state index >= 15 is 0 Å². The zero-order chi connectivity index (χ0) is 17.4. The normalized spacial score (nSPS) is 31.8. The molecular formula is C19H21N3O3. The molecule has 1 saturated heterocycles. The number of rotatable bonds is 4. The Bertz CT molecular complexity index is 731. The zero-order valence-electron chi connectivity index (χ0n) is 13.9. The highest BCUT2D eigenvalue weighted by molar-refractivity contribution is 6.23. The van der Waals surface area contributed by atoms with Crippen LogP contribution in [-0.2, 0) is 16.1 Å². The maximum absolute atomic E-state index is 12.8. The van der Waals surface area contributed by atoms with E-state index in [9.17, 15) is 14.4 Å². The summed E-state index contributed by atoms with van der Waals surface area (Å²) in [5.74, 6) is -1.02. The van der Waals surface area contributed by atoms with Gasteiger partial charge in [-0.25, -0.2) is 4.79 Å². The number of benzene rings is 1. The van der Waals surface area contributed by atoms with Crippen molar-refractivity contribution in [2.24, 2.45) is 22.7 Å². The average molecular weight is 339 g/mol. The Morgan fingerprint density at radius 1 is 1.12 bits per heavy atom. The number of urea groups is 1. The number of barbiturate groups is 1. The lowest BCUT2D eigenvalue weighted by Crippen LogP contribution is -2.62. The van der Waals surface area contributed by atoms with E-state index in [2.05, 4.69) is 10.3 Å². The molecule has 2 saturated carbocycles.